The molecule has 0 fully saturated rings. The van der Waals surface area contributed by atoms with Gasteiger partial charge in [-0.3, -0.25) is 9.69 Å². The number of carbonyl (C=O) groups excluding carboxylic acids is 2. The number of nitrogens with one attached hydrogen (secondary N) is 3. The van der Waals surface area contributed by atoms with Gasteiger partial charge in [-0.1, -0.05) is 62.4 Å². The molecule has 3 N–H and O–H groups in total. The van der Waals surface area contributed by atoms with Crippen molar-refractivity contribution < 1.29 is 14.3 Å². The van der Waals surface area contributed by atoms with Crippen molar-refractivity contribution in [1.82, 2.24) is 35.1 Å². The molecule has 216 valence electrons. The number of hydrogen-bond acceptors (Lipinski definition) is 6. The van der Waals surface area contributed by atoms with Gasteiger partial charge in [0.25, 0.3) is 0 Å². The number of H-pyrrole nitrogens is 2. The first kappa shape index (κ1) is 29.5. The molecule has 0 unspecified atom stereocenters. The number of ether oxygens (including phenoxy) is 1. The molecule has 2 heterocycles. The van der Waals surface area contributed by atoms with Crippen LogP contribution in [0.15, 0.2) is 60.9 Å². The van der Waals surface area contributed by atoms with Gasteiger partial charge in [0.15, 0.2) is 0 Å². The number of carbonyl (C=O) groups is 2. The maximum atomic E-state index is 12.6. The lowest BCUT2D eigenvalue weighted by molar-refractivity contribution is -0.130. The largest absolute Gasteiger partial charge is 0.453 e. The Labute approximate surface area is 241 Å². The molecule has 0 aliphatic carbocycles. The summed E-state index contributed by atoms with van der Waals surface area (Å²) >= 11 is 0. The van der Waals surface area contributed by atoms with E-state index in [4.69, 9.17) is 0 Å². The van der Waals surface area contributed by atoms with E-state index >= 15 is 0 Å². The number of nitrogens with zero attached hydrogens (tertiary/aromatic N) is 4. The maximum Gasteiger partial charge on any atom is 0.407 e. The molecule has 4 rings (SSSR count). The molecular formula is C31H39N7O3. The van der Waals surface area contributed by atoms with Crippen LogP contribution < -0.4 is 5.32 Å². The van der Waals surface area contributed by atoms with Crippen molar-refractivity contribution in [3.05, 3.63) is 72.6 Å². The topological polar surface area (TPSA) is 119 Å². The normalized spacial score (nSPS) is 11.0. The number of imidazole rings is 2. The van der Waals surface area contributed by atoms with E-state index in [1.807, 2.05) is 13.1 Å². The van der Waals surface area contributed by atoms with Crippen LogP contribution in [0.3, 0.4) is 0 Å². The van der Waals surface area contributed by atoms with Crippen LogP contribution in [0.25, 0.3) is 33.6 Å². The molecule has 0 saturated heterocycles. The Morgan fingerprint density at radius 3 is 1.76 bits per heavy atom. The summed E-state index contributed by atoms with van der Waals surface area (Å²) in [6.07, 6.45) is 4.95. The summed E-state index contributed by atoms with van der Waals surface area (Å²) in [6.45, 7) is 6.79. The van der Waals surface area contributed by atoms with Crippen LogP contribution >= 0.6 is 0 Å². The third kappa shape index (κ3) is 8.04. The van der Waals surface area contributed by atoms with Crippen LogP contribution in [0, 0.1) is 0 Å². The second kappa shape index (κ2) is 14.3. The van der Waals surface area contributed by atoms with Crippen molar-refractivity contribution in [2.45, 2.75) is 39.8 Å². The summed E-state index contributed by atoms with van der Waals surface area (Å²) in [6, 6.07) is 16.8. The molecule has 0 atom stereocenters. The van der Waals surface area contributed by atoms with E-state index < -0.39 is 6.09 Å². The van der Waals surface area contributed by atoms with Gasteiger partial charge >= 0.3 is 6.09 Å². The number of amides is 2. The van der Waals surface area contributed by atoms with Gasteiger partial charge < -0.3 is 24.9 Å². The van der Waals surface area contributed by atoms with Crippen LogP contribution in [0.2, 0.25) is 0 Å². The van der Waals surface area contributed by atoms with Crippen LogP contribution in [0.5, 0.6) is 0 Å². The maximum absolute atomic E-state index is 12.6. The number of hydrogen-bond donors (Lipinski definition) is 3. The quantitative estimate of drug-likeness (QED) is 0.211. The Kier molecular flexibility index (Phi) is 10.3. The van der Waals surface area contributed by atoms with Crippen molar-refractivity contribution in [3.8, 4) is 33.6 Å². The predicted molar refractivity (Wildman–Crippen MR) is 160 cm³/mol. The number of rotatable bonds is 13. The van der Waals surface area contributed by atoms with Gasteiger partial charge in [-0.15, -0.1) is 0 Å². The minimum atomic E-state index is -0.632. The van der Waals surface area contributed by atoms with E-state index in [0.29, 0.717) is 18.9 Å². The first-order valence-corrected chi connectivity index (χ1v) is 14.0. The Balaban J connectivity index is 1.38. The minimum absolute atomic E-state index is 0.123. The van der Waals surface area contributed by atoms with Gasteiger partial charge in [-0.25, -0.2) is 14.8 Å². The highest BCUT2D eigenvalue weighted by Gasteiger charge is 2.16. The Hall–Kier alpha value is -4.44. The lowest BCUT2D eigenvalue weighted by Crippen LogP contribution is -2.40. The average molecular weight is 558 g/mol. The number of aromatic amines is 2. The number of benzene rings is 2. The van der Waals surface area contributed by atoms with Gasteiger partial charge in [0, 0.05) is 6.54 Å². The van der Waals surface area contributed by atoms with Gasteiger partial charge in [0.1, 0.15) is 18.2 Å². The first-order valence-electron chi connectivity index (χ1n) is 14.0. The van der Waals surface area contributed by atoms with Crippen molar-refractivity contribution >= 4 is 12.0 Å². The SMILES string of the molecule is CCCN(C)Cc1ncc(-c2ccc(-c3ccc(-c4cnc(CN(CCC)C(=O)CNC(=O)OC)[nH]4)cc3)cc2)[nH]1. The molecular weight excluding hydrogens is 518 g/mol. The summed E-state index contributed by atoms with van der Waals surface area (Å²) in [4.78, 5) is 43.6. The fourth-order valence-electron chi connectivity index (χ4n) is 4.65. The van der Waals surface area contributed by atoms with Crippen molar-refractivity contribution in [2.75, 3.05) is 33.8 Å². The summed E-state index contributed by atoms with van der Waals surface area (Å²) in [5, 5.41) is 2.44. The van der Waals surface area contributed by atoms with Gasteiger partial charge in [0.2, 0.25) is 5.91 Å². The van der Waals surface area contributed by atoms with Gasteiger partial charge in [-0.2, -0.15) is 0 Å². The smallest absolute Gasteiger partial charge is 0.407 e. The molecule has 2 aromatic carbocycles. The zero-order valence-electron chi connectivity index (χ0n) is 24.2. The fourth-order valence-corrected chi connectivity index (χ4v) is 4.65. The average Bonchev–Trinajstić information content (AvgIpc) is 3.66. The van der Waals surface area contributed by atoms with Crippen LogP contribution in [-0.4, -0.2) is 75.5 Å². The summed E-state index contributed by atoms with van der Waals surface area (Å²) in [5.74, 6) is 1.45. The summed E-state index contributed by atoms with van der Waals surface area (Å²) in [5.41, 5.74) is 6.23. The molecule has 0 aliphatic heterocycles. The zero-order valence-corrected chi connectivity index (χ0v) is 24.2. The minimum Gasteiger partial charge on any atom is -0.453 e. The second-order valence-corrected chi connectivity index (χ2v) is 10.0. The third-order valence-electron chi connectivity index (χ3n) is 6.76. The van der Waals surface area contributed by atoms with Crippen molar-refractivity contribution in [2.24, 2.45) is 0 Å². The molecule has 2 amide bonds. The molecule has 0 bridgehead atoms. The molecule has 4 aromatic rings. The van der Waals surface area contributed by atoms with E-state index in [-0.39, 0.29) is 12.5 Å². The highest BCUT2D eigenvalue weighted by Crippen LogP contribution is 2.27. The molecule has 0 aliphatic rings. The zero-order chi connectivity index (χ0) is 29.2. The molecule has 0 radical (unpaired) electrons. The fraction of sp³-hybridized carbons (Fsp3) is 0.355. The number of aromatic nitrogens is 4. The van der Waals surface area contributed by atoms with Crippen LogP contribution in [-0.2, 0) is 22.6 Å². The van der Waals surface area contributed by atoms with E-state index in [1.54, 1.807) is 11.1 Å². The highest BCUT2D eigenvalue weighted by molar-refractivity contribution is 5.82. The summed E-state index contributed by atoms with van der Waals surface area (Å²) in [7, 11) is 3.37. The van der Waals surface area contributed by atoms with E-state index in [0.717, 1.165) is 65.4 Å². The van der Waals surface area contributed by atoms with Crippen molar-refractivity contribution in [3.63, 3.8) is 0 Å². The first-order chi connectivity index (χ1) is 19.9. The van der Waals surface area contributed by atoms with Crippen molar-refractivity contribution in [1.29, 1.82) is 0 Å². The summed E-state index contributed by atoms with van der Waals surface area (Å²) < 4.78 is 4.54. The highest BCUT2D eigenvalue weighted by atomic mass is 16.5. The van der Waals surface area contributed by atoms with Crippen LogP contribution in [0.1, 0.15) is 38.3 Å². The van der Waals surface area contributed by atoms with E-state index in [1.165, 1.54) is 7.11 Å². The lowest BCUT2D eigenvalue weighted by atomic mass is 10.0. The van der Waals surface area contributed by atoms with Gasteiger partial charge in [0.05, 0.1) is 44.0 Å². The van der Waals surface area contributed by atoms with E-state index in [2.05, 4.69) is 97.4 Å². The van der Waals surface area contributed by atoms with Crippen LogP contribution in [0.4, 0.5) is 4.79 Å². The molecule has 10 heteroatoms. The Morgan fingerprint density at radius 1 is 0.780 bits per heavy atom. The van der Waals surface area contributed by atoms with E-state index in [9.17, 15) is 9.59 Å². The molecule has 0 saturated carbocycles. The second-order valence-electron chi connectivity index (χ2n) is 10.0. The molecule has 0 spiro atoms. The molecule has 2 aromatic heterocycles. The number of alkyl carbamates (subject to hydrolysis) is 1. The standard InChI is InChI=1S/C31H39N7O3/c1-5-15-37(3)20-28-32-17-26(35-28)24-11-7-22(8-12-24)23-9-13-25(14-10-23)27-18-33-29(36-27)21-38(16-6-2)30(39)19-34-31(40)41-4/h7-14,17-18H,5-6,15-16,19-21H2,1-4H3,(H,32,35)(H,33,36)(H,34,40). The third-order valence-corrected chi connectivity index (χ3v) is 6.76. The predicted octanol–water partition coefficient (Wildman–Crippen LogP) is 5.07. The Morgan fingerprint density at radius 2 is 1.27 bits per heavy atom. The monoisotopic (exact) mass is 557 g/mol. The molecule has 10 nitrogen and oxygen atoms in total. The van der Waals surface area contributed by atoms with Gasteiger partial charge in [-0.05, 0) is 48.7 Å². The lowest BCUT2D eigenvalue weighted by Gasteiger charge is -2.21. The Bertz CT molecular complexity index is 1410. The molecule has 41 heavy (non-hydrogen) atoms. The number of methoxy groups -OCH3 is 1.